The van der Waals surface area contributed by atoms with Crippen molar-refractivity contribution in [1.29, 1.82) is 0 Å². The van der Waals surface area contributed by atoms with E-state index in [2.05, 4.69) is 34.9 Å². The van der Waals surface area contributed by atoms with Gasteiger partial charge in [0.25, 0.3) is 5.91 Å². The van der Waals surface area contributed by atoms with Crippen LogP contribution in [-0.2, 0) is 25.9 Å². The number of methoxy groups -OCH3 is 1. The third-order valence-electron chi connectivity index (χ3n) is 6.83. The van der Waals surface area contributed by atoms with E-state index in [1.165, 1.54) is 5.56 Å². The topological polar surface area (TPSA) is 98.1 Å². The molecule has 0 saturated carbocycles. The molecule has 0 fully saturated rings. The van der Waals surface area contributed by atoms with E-state index in [0.717, 1.165) is 61.8 Å². The molecule has 0 bridgehead atoms. The SMILES string of the molecule is COc1cc2c(cc1C(=O)Nc1cccc(-c3nnc4n3CCCC4)n1)CN(c1ccccn1)CC2. The van der Waals surface area contributed by atoms with Crippen molar-refractivity contribution in [1.82, 2.24) is 24.7 Å². The molecule has 0 saturated heterocycles. The van der Waals surface area contributed by atoms with E-state index in [1.54, 1.807) is 19.4 Å². The highest BCUT2D eigenvalue weighted by Crippen LogP contribution is 2.30. The van der Waals surface area contributed by atoms with Crippen molar-refractivity contribution in [2.75, 3.05) is 23.9 Å². The zero-order chi connectivity index (χ0) is 24.5. The second-order valence-electron chi connectivity index (χ2n) is 9.09. The fourth-order valence-corrected chi connectivity index (χ4v) is 4.98. The number of aromatic nitrogens is 5. The molecule has 5 heterocycles. The number of carbonyl (C=O) groups excluding carboxylic acids is 1. The number of nitrogens with zero attached hydrogens (tertiary/aromatic N) is 6. The summed E-state index contributed by atoms with van der Waals surface area (Å²) in [6, 6.07) is 15.4. The Balaban J connectivity index is 1.26. The minimum Gasteiger partial charge on any atom is -0.496 e. The van der Waals surface area contributed by atoms with Gasteiger partial charge in [0.05, 0.1) is 12.7 Å². The Labute approximate surface area is 209 Å². The van der Waals surface area contributed by atoms with Crippen molar-refractivity contribution in [2.45, 2.75) is 38.8 Å². The number of amides is 1. The molecule has 0 radical (unpaired) electrons. The molecule has 0 aliphatic carbocycles. The molecule has 0 unspecified atom stereocenters. The van der Waals surface area contributed by atoms with E-state index in [-0.39, 0.29) is 5.91 Å². The first-order chi connectivity index (χ1) is 17.7. The molecule has 0 atom stereocenters. The van der Waals surface area contributed by atoms with Crippen LogP contribution in [0.4, 0.5) is 11.6 Å². The van der Waals surface area contributed by atoms with Gasteiger partial charge in [0.15, 0.2) is 5.82 Å². The molecule has 6 rings (SSSR count). The molecular weight excluding hydrogens is 454 g/mol. The predicted octanol–water partition coefficient (Wildman–Crippen LogP) is 3.90. The Kier molecular flexibility index (Phi) is 5.80. The number of hydrogen-bond donors (Lipinski definition) is 1. The summed E-state index contributed by atoms with van der Waals surface area (Å²) in [5.74, 6) is 3.41. The van der Waals surface area contributed by atoms with Crippen LogP contribution in [0.25, 0.3) is 11.5 Å². The minimum absolute atomic E-state index is 0.266. The Morgan fingerprint density at radius 1 is 1.00 bits per heavy atom. The molecule has 1 aromatic carbocycles. The standard InChI is InChI=1S/C27H27N7O2/c1-36-22-16-18-11-14-33(24-9-2-4-12-28-24)17-19(18)15-20(22)27(35)30-23-8-6-7-21(29-23)26-32-31-25-10-3-5-13-34(25)26/h2,4,6-9,12,15-16H,3,5,10-11,13-14,17H2,1H3,(H,29,30,35). The second-order valence-corrected chi connectivity index (χ2v) is 9.09. The van der Waals surface area contributed by atoms with E-state index >= 15 is 0 Å². The average Bonchev–Trinajstić information content (AvgIpc) is 3.37. The average molecular weight is 482 g/mol. The summed E-state index contributed by atoms with van der Waals surface area (Å²) in [7, 11) is 1.59. The predicted molar refractivity (Wildman–Crippen MR) is 136 cm³/mol. The summed E-state index contributed by atoms with van der Waals surface area (Å²) in [6.45, 7) is 2.43. The molecule has 36 heavy (non-hydrogen) atoms. The van der Waals surface area contributed by atoms with Crippen molar-refractivity contribution in [3.8, 4) is 17.3 Å². The zero-order valence-electron chi connectivity index (χ0n) is 20.1. The fraction of sp³-hybridized carbons (Fsp3) is 0.296. The van der Waals surface area contributed by atoms with Crippen molar-refractivity contribution in [2.24, 2.45) is 0 Å². The maximum Gasteiger partial charge on any atom is 0.260 e. The van der Waals surface area contributed by atoms with Crippen molar-refractivity contribution in [3.05, 3.63) is 77.2 Å². The molecule has 9 heteroatoms. The van der Waals surface area contributed by atoms with E-state index in [0.29, 0.717) is 29.4 Å². The summed E-state index contributed by atoms with van der Waals surface area (Å²) < 4.78 is 7.72. The number of benzene rings is 1. The lowest BCUT2D eigenvalue weighted by atomic mass is 9.96. The maximum atomic E-state index is 13.4. The third-order valence-corrected chi connectivity index (χ3v) is 6.83. The van der Waals surface area contributed by atoms with E-state index in [1.807, 2.05) is 42.5 Å². The number of hydrogen-bond acceptors (Lipinski definition) is 7. The highest BCUT2D eigenvalue weighted by atomic mass is 16.5. The first-order valence-corrected chi connectivity index (χ1v) is 12.3. The summed E-state index contributed by atoms with van der Waals surface area (Å²) in [6.07, 6.45) is 5.82. The number of nitrogens with one attached hydrogen (secondary N) is 1. The molecule has 0 spiro atoms. The van der Waals surface area contributed by atoms with Gasteiger partial charge in [-0.1, -0.05) is 12.1 Å². The minimum atomic E-state index is -0.266. The van der Waals surface area contributed by atoms with Gasteiger partial charge >= 0.3 is 0 Å². The van der Waals surface area contributed by atoms with Crippen LogP contribution >= 0.6 is 0 Å². The third kappa shape index (κ3) is 4.17. The summed E-state index contributed by atoms with van der Waals surface area (Å²) in [5.41, 5.74) is 3.45. The van der Waals surface area contributed by atoms with Crippen molar-refractivity contribution >= 4 is 17.5 Å². The second kappa shape index (κ2) is 9.41. The van der Waals surface area contributed by atoms with Gasteiger partial charge in [-0.3, -0.25) is 4.79 Å². The molecule has 1 N–H and O–H groups in total. The van der Waals surface area contributed by atoms with Crippen LogP contribution < -0.4 is 15.0 Å². The van der Waals surface area contributed by atoms with Gasteiger partial charge in [-0.15, -0.1) is 10.2 Å². The molecule has 182 valence electrons. The summed E-state index contributed by atoms with van der Waals surface area (Å²) in [5, 5.41) is 11.6. The van der Waals surface area contributed by atoms with E-state index in [4.69, 9.17) is 4.74 Å². The number of carbonyl (C=O) groups is 1. The number of fused-ring (bicyclic) bond motifs is 2. The molecule has 9 nitrogen and oxygen atoms in total. The van der Waals surface area contributed by atoms with Gasteiger partial charge < -0.3 is 19.5 Å². The quantitative estimate of drug-likeness (QED) is 0.462. The summed E-state index contributed by atoms with van der Waals surface area (Å²) >= 11 is 0. The maximum absolute atomic E-state index is 13.4. The zero-order valence-corrected chi connectivity index (χ0v) is 20.1. The lowest BCUT2D eigenvalue weighted by Gasteiger charge is -2.30. The lowest BCUT2D eigenvalue weighted by molar-refractivity contribution is 0.102. The lowest BCUT2D eigenvalue weighted by Crippen LogP contribution is -2.31. The molecule has 1 amide bonds. The Bertz CT molecular complexity index is 1420. The van der Waals surface area contributed by atoms with Gasteiger partial charge in [-0.05, 0) is 66.8 Å². The molecular formula is C27H27N7O2. The van der Waals surface area contributed by atoms with Crippen molar-refractivity contribution < 1.29 is 9.53 Å². The van der Waals surface area contributed by atoms with E-state index in [9.17, 15) is 4.79 Å². The van der Waals surface area contributed by atoms with Crippen LogP contribution in [0.2, 0.25) is 0 Å². The van der Waals surface area contributed by atoms with Gasteiger partial charge in [-0.2, -0.15) is 0 Å². The van der Waals surface area contributed by atoms with Gasteiger partial charge in [0, 0.05) is 32.3 Å². The van der Waals surface area contributed by atoms with Gasteiger partial charge in [0.2, 0.25) is 0 Å². The van der Waals surface area contributed by atoms with Crippen LogP contribution in [0.3, 0.4) is 0 Å². The molecule has 2 aliphatic heterocycles. The molecule has 3 aromatic heterocycles. The van der Waals surface area contributed by atoms with Crippen molar-refractivity contribution in [3.63, 3.8) is 0 Å². The monoisotopic (exact) mass is 481 g/mol. The number of rotatable bonds is 5. The van der Waals surface area contributed by atoms with Crippen LogP contribution in [0, 0.1) is 0 Å². The van der Waals surface area contributed by atoms with Crippen LogP contribution in [0.1, 0.15) is 40.2 Å². The first-order valence-electron chi connectivity index (χ1n) is 12.3. The first kappa shape index (κ1) is 22.2. The van der Waals surface area contributed by atoms with Gasteiger partial charge in [0.1, 0.15) is 28.9 Å². The number of ether oxygens (including phenoxy) is 1. The molecule has 4 aromatic rings. The Morgan fingerprint density at radius 2 is 1.94 bits per heavy atom. The van der Waals surface area contributed by atoms with E-state index < -0.39 is 0 Å². The summed E-state index contributed by atoms with van der Waals surface area (Å²) in [4.78, 5) is 24.7. The number of anilines is 2. The normalized spacial score (nSPS) is 14.6. The van der Waals surface area contributed by atoms with Crippen LogP contribution in [-0.4, -0.2) is 44.3 Å². The fourth-order valence-electron chi connectivity index (χ4n) is 4.98. The molecule has 2 aliphatic rings. The van der Waals surface area contributed by atoms with Crippen LogP contribution in [0.15, 0.2) is 54.7 Å². The highest BCUT2D eigenvalue weighted by Gasteiger charge is 2.23. The number of pyridine rings is 2. The Hall–Kier alpha value is -4.27. The largest absolute Gasteiger partial charge is 0.496 e. The number of aryl methyl sites for hydroxylation is 1. The highest BCUT2D eigenvalue weighted by molar-refractivity contribution is 6.06. The smallest absolute Gasteiger partial charge is 0.260 e. The van der Waals surface area contributed by atoms with Gasteiger partial charge in [-0.25, -0.2) is 9.97 Å². The van der Waals surface area contributed by atoms with Crippen LogP contribution in [0.5, 0.6) is 5.75 Å². The Morgan fingerprint density at radius 3 is 2.81 bits per heavy atom.